The van der Waals surface area contributed by atoms with E-state index in [9.17, 15) is 13.0 Å². The molecule has 1 N–H and O–H groups in total. The summed E-state index contributed by atoms with van der Waals surface area (Å²) in [5.74, 6) is 0.748. The van der Waals surface area contributed by atoms with E-state index >= 15 is 0 Å². The van der Waals surface area contributed by atoms with Crippen LogP contribution in [0.2, 0.25) is 0 Å². The van der Waals surface area contributed by atoms with Gasteiger partial charge in [-0.25, -0.2) is 0 Å². The van der Waals surface area contributed by atoms with E-state index in [-0.39, 0.29) is 4.90 Å². The number of aryl methyl sites for hydroxylation is 2. The van der Waals surface area contributed by atoms with E-state index in [1.54, 1.807) is 6.07 Å². The first-order valence-electron chi connectivity index (χ1n) is 7.37. The van der Waals surface area contributed by atoms with Crippen molar-refractivity contribution in [2.45, 2.75) is 64.2 Å². The first-order chi connectivity index (χ1) is 9.30. The van der Waals surface area contributed by atoms with Gasteiger partial charge in [0.15, 0.2) is 0 Å². The average molecular weight is 298 g/mol. The van der Waals surface area contributed by atoms with Crippen LogP contribution in [-0.2, 0) is 16.5 Å². The lowest BCUT2D eigenvalue weighted by atomic mass is 10.0. The van der Waals surface area contributed by atoms with Crippen LogP contribution in [-0.4, -0.2) is 13.0 Å². The molecule has 4 heteroatoms. The number of benzene rings is 1. The molecular formula is C16H26O3S. The third-order valence-electron chi connectivity index (χ3n) is 3.47. The molecule has 0 fully saturated rings. The second-order valence-corrected chi connectivity index (χ2v) is 7.32. The summed E-state index contributed by atoms with van der Waals surface area (Å²) in [6.45, 7) is 6.39. The summed E-state index contributed by atoms with van der Waals surface area (Å²) in [6, 6.07) is 5.07. The van der Waals surface area contributed by atoms with E-state index < -0.39 is 10.1 Å². The molecule has 0 atom stereocenters. The van der Waals surface area contributed by atoms with E-state index in [4.69, 9.17) is 0 Å². The van der Waals surface area contributed by atoms with Crippen LogP contribution in [0.1, 0.15) is 57.1 Å². The zero-order valence-corrected chi connectivity index (χ0v) is 13.5. The average Bonchev–Trinajstić information content (AvgIpc) is 2.31. The first-order valence-corrected chi connectivity index (χ1v) is 8.81. The zero-order valence-electron chi connectivity index (χ0n) is 12.7. The molecule has 0 aromatic heterocycles. The van der Waals surface area contributed by atoms with Crippen molar-refractivity contribution >= 4 is 10.1 Å². The Morgan fingerprint density at radius 1 is 1.10 bits per heavy atom. The van der Waals surface area contributed by atoms with Crippen LogP contribution in [0.5, 0.6) is 0 Å². The summed E-state index contributed by atoms with van der Waals surface area (Å²) in [5, 5.41) is 0. The summed E-state index contributed by atoms with van der Waals surface area (Å²) >= 11 is 0. The number of hydrogen-bond donors (Lipinski definition) is 1. The van der Waals surface area contributed by atoms with Crippen LogP contribution in [0, 0.1) is 12.8 Å². The molecule has 20 heavy (non-hydrogen) atoms. The number of unbranched alkanes of at least 4 members (excludes halogenated alkanes) is 3. The van der Waals surface area contributed by atoms with Crippen molar-refractivity contribution in [3.8, 4) is 0 Å². The molecule has 0 bridgehead atoms. The van der Waals surface area contributed by atoms with Gasteiger partial charge >= 0.3 is 0 Å². The van der Waals surface area contributed by atoms with Crippen molar-refractivity contribution in [2.24, 2.45) is 5.92 Å². The fourth-order valence-electron chi connectivity index (χ4n) is 2.38. The Morgan fingerprint density at radius 3 is 2.35 bits per heavy atom. The standard InChI is InChI=1S/C16H26O3S/c1-13(2)8-6-4-5-7-9-15-12-14(3)10-11-16(15)20(17,18)19/h10-13H,4-9H2,1-3H3,(H,17,18,19). The zero-order chi connectivity index (χ0) is 15.2. The molecule has 3 nitrogen and oxygen atoms in total. The summed E-state index contributed by atoms with van der Waals surface area (Å²) < 4.78 is 31.9. The third kappa shape index (κ3) is 6.06. The van der Waals surface area contributed by atoms with Gasteiger partial charge < -0.3 is 0 Å². The minimum Gasteiger partial charge on any atom is -0.282 e. The first kappa shape index (κ1) is 17.2. The Bertz CT molecular complexity index is 519. The van der Waals surface area contributed by atoms with Crippen LogP contribution < -0.4 is 0 Å². The van der Waals surface area contributed by atoms with Gasteiger partial charge in [0.2, 0.25) is 0 Å². The summed E-state index contributed by atoms with van der Waals surface area (Å²) in [5.41, 5.74) is 1.75. The fourth-order valence-corrected chi connectivity index (χ4v) is 3.11. The maximum Gasteiger partial charge on any atom is 0.294 e. The highest BCUT2D eigenvalue weighted by Gasteiger charge is 2.14. The smallest absolute Gasteiger partial charge is 0.282 e. The molecule has 0 aliphatic carbocycles. The second-order valence-electron chi connectivity index (χ2n) is 5.93. The highest BCUT2D eigenvalue weighted by molar-refractivity contribution is 7.85. The Hall–Kier alpha value is -0.870. The molecule has 0 aliphatic heterocycles. The van der Waals surface area contributed by atoms with Crippen molar-refractivity contribution in [3.05, 3.63) is 29.3 Å². The van der Waals surface area contributed by atoms with E-state index in [2.05, 4.69) is 13.8 Å². The normalized spacial score (nSPS) is 12.1. The monoisotopic (exact) mass is 298 g/mol. The largest absolute Gasteiger partial charge is 0.294 e. The highest BCUT2D eigenvalue weighted by Crippen LogP contribution is 2.20. The Balaban J connectivity index is 2.53. The van der Waals surface area contributed by atoms with Gasteiger partial charge in [0.05, 0.1) is 4.90 Å². The molecule has 1 rings (SSSR count). The Morgan fingerprint density at radius 2 is 1.75 bits per heavy atom. The van der Waals surface area contributed by atoms with Gasteiger partial charge in [-0.3, -0.25) is 4.55 Å². The fraction of sp³-hybridized carbons (Fsp3) is 0.625. The molecule has 0 unspecified atom stereocenters. The molecule has 0 amide bonds. The second kappa shape index (κ2) is 7.79. The van der Waals surface area contributed by atoms with Crippen molar-refractivity contribution in [1.82, 2.24) is 0 Å². The van der Waals surface area contributed by atoms with Crippen LogP contribution in [0.4, 0.5) is 0 Å². The molecule has 0 heterocycles. The van der Waals surface area contributed by atoms with Crippen LogP contribution in [0.3, 0.4) is 0 Å². The summed E-state index contributed by atoms with van der Waals surface area (Å²) in [4.78, 5) is 0.0604. The maximum atomic E-state index is 11.3. The lowest BCUT2D eigenvalue weighted by Gasteiger charge is -2.09. The molecule has 0 saturated carbocycles. The summed E-state index contributed by atoms with van der Waals surface area (Å²) in [6.07, 6.45) is 6.44. The van der Waals surface area contributed by atoms with Gasteiger partial charge in [-0.05, 0) is 37.3 Å². The van der Waals surface area contributed by atoms with E-state index in [1.165, 1.54) is 25.3 Å². The maximum absolute atomic E-state index is 11.3. The van der Waals surface area contributed by atoms with Gasteiger partial charge in [0.25, 0.3) is 10.1 Å². The van der Waals surface area contributed by atoms with Crippen LogP contribution >= 0.6 is 0 Å². The van der Waals surface area contributed by atoms with E-state index in [1.807, 2.05) is 13.0 Å². The third-order valence-corrected chi connectivity index (χ3v) is 4.43. The predicted octanol–water partition coefficient (Wildman–Crippen LogP) is 4.39. The van der Waals surface area contributed by atoms with Crippen molar-refractivity contribution in [3.63, 3.8) is 0 Å². The van der Waals surface area contributed by atoms with Crippen molar-refractivity contribution in [2.75, 3.05) is 0 Å². The minimum absolute atomic E-state index is 0.0604. The van der Waals surface area contributed by atoms with E-state index in [0.717, 1.165) is 29.9 Å². The molecule has 1 aromatic rings. The summed E-state index contributed by atoms with van der Waals surface area (Å²) in [7, 11) is -4.11. The Kier molecular flexibility index (Phi) is 6.69. The van der Waals surface area contributed by atoms with Gasteiger partial charge in [0.1, 0.15) is 0 Å². The van der Waals surface area contributed by atoms with Gasteiger partial charge in [0, 0.05) is 0 Å². The lowest BCUT2D eigenvalue weighted by Crippen LogP contribution is -2.03. The SMILES string of the molecule is Cc1ccc(S(=O)(=O)O)c(CCCCCCC(C)C)c1. The quantitative estimate of drug-likeness (QED) is 0.572. The molecule has 0 radical (unpaired) electrons. The van der Waals surface area contributed by atoms with E-state index in [0.29, 0.717) is 6.42 Å². The highest BCUT2D eigenvalue weighted by atomic mass is 32.2. The van der Waals surface area contributed by atoms with Crippen molar-refractivity contribution in [1.29, 1.82) is 0 Å². The molecular weight excluding hydrogens is 272 g/mol. The van der Waals surface area contributed by atoms with Gasteiger partial charge in [-0.2, -0.15) is 8.42 Å². The minimum atomic E-state index is -4.11. The molecule has 0 spiro atoms. The topological polar surface area (TPSA) is 54.4 Å². The number of rotatable bonds is 8. The van der Waals surface area contributed by atoms with Gasteiger partial charge in [-0.1, -0.05) is 57.2 Å². The van der Waals surface area contributed by atoms with Crippen LogP contribution in [0.25, 0.3) is 0 Å². The van der Waals surface area contributed by atoms with Crippen molar-refractivity contribution < 1.29 is 13.0 Å². The predicted molar refractivity (Wildman–Crippen MR) is 82.6 cm³/mol. The molecule has 1 aromatic carbocycles. The lowest BCUT2D eigenvalue weighted by molar-refractivity contribution is 0.481. The Labute approximate surface area is 123 Å². The van der Waals surface area contributed by atoms with Crippen LogP contribution in [0.15, 0.2) is 23.1 Å². The molecule has 0 aliphatic rings. The van der Waals surface area contributed by atoms with Gasteiger partial charge in [-0.15, -0.1) is 0 Å². The molecule has 114 valence electrons. The molecule has 0 saturated heterocycles. The number of hydrogen-bond acceptors (Lipinski definition) is 2.